The van der Waals surface area contributed by atoms with Crippen molar-refractivity contribution in [3.63, 3.8) is 0 Å². The van der Waals surface area contributed by atoms with E-state index >= 15 is 0 Å². The average Bonchev–Trinajstić information content (AvgIpc) is 3.17. The van der Waals surface area contributed by atoms with Crippen LogP contribution >= 0.6 is 0 Å². The molecule has 5 rings (SSSR count). The Labute approximate surface area is 156 Å². The number of fused-ring (bicyclic) bond motifs is 1. The van der Waals surface area contributed by atoms with Crippen LogP contribution < -0.4 is 10.2 Å². The zero-order valence-electron chi connectivity index (χ0n) is 15.1. The van der Waals surface area contributed by atoms with Gasteiger partial charge in [-0.25, -0.2) is 9.97 Å². The molecule has 8 heteroatoms. The van der Waals surface area contributed by atoms with E-state index in [0.29, 0.717) is 5.89 Å². The predicted molar refractivity (Wildman–Crippen MR) is 98.4 cm³/mol. The maximum absolute atomic E-state index is 12.2. The van der Waals surface area contributed by atoms with Crippen LogP contribution in [0.1, 0.15) is 53.8 Å². The van der Waals surface area contributed by atoms with E-state index in [0.717, 1.165) is 54.5 Å². The van der Waals surface area contributed by atoms with Gasteiger partial charge >= 0.3 is 0 Å². The van der Waals surface area contributed by atoms with Gasteiger partial charge in [-0.2, -0.15) is 4.98 Å². The third kappa shape index (κ3) is 2.90. The van der Waals surface area contributed by atoms with Crippen LogP contribution in [0.5, 0.6) is 0 Å². The summed E-state index contributed by atoms with van der Waals surface area (Å²) in [4.78, 5) is 27.7. The highest BCUT2D eigenvalue weighted by Gasteiger charge is 2.34. The Morgan fingerprint density at radius 3 is 3.00 bits per heavy atom. The maximum Gasteiger partial charge on any atom is 0.292 e. The number of rotatable bonds is 4. The number of benzene rings is 1. The minimum Gasteiger partial charge on any atom is -0.346 e. The van der Waals surface area contributed by atoms with E-state index in [2.05, 4.69) is 30.3 Å². The van der Waals surface area contributed by atoms with Crippen molar-refractivity contribution in [3.8, 4) is 0 Å². The fourth-order valence-electron chi connectivity index (χ4n) is 3.67. The number of aryl methyl sites for hydroxylation is 1. The number of nitrogens with one attached hydrogen (secondary N) is 1. The summed E-state index contributed by atoms with van der Waals surface area (Å²) in [6.07, 6.45) is 5.51. The van der Waals surface area contributed by atoms with Crippen LogP contribution in [0.15, 0.2) is 29.0 Å². The molecule has 1 aliphatic carbocycles. The highest BCUT2D eigenvalue weighted by Crippen LogP contribution is 2.37. The van der Waals surface area contributed by atoms with E-state index in [1.54, 1.807) is 6.33 Å². The van der Waals surface area contributed by atoms with E-state index in [1.165, 1.54) is 0 Å². The largest absolute Gasteiger partial charge is 0.346 e. The molecule has 0 bridgehead atoms. The summed E-state index contributed by atoms with van der Waals surface area (Å²) < 4.78 is 5.45. The number of para-hydroxylation sites is 1. The number of aromatic nitrogens is 4. The van der Waals surface area contributed by atoms with Crippen LogP contribution in [0.25, 0.3) is 10.9 Å². The van der Waals surface area contributed by atoms with E-state index in [9.17, 15) is 4.79 Å². The highest BCUT2D eigenvalue weighted by atomic mass is 16.5. The second kappa shape index (κ2) is 6.29. The van der Waals surface area contributed by atoms with Crippen molar-refractivity contribution >= 4 is 22.6 Å². The molecule has 1 aliphatic heterocycles. The second-order valence-electron chi connectivity index (χ2n) is 7.22. The van der Waals surface area contributed by atoms with Gasteiger partial charge in [0.25, 0.3) is 11.7 Å². The van der Waals surface area contributed by atoms with Gasteiger partial charge in [0.2, 0.25) is 5.89 Å². The Morgan fingerprint density at radius 1 is 1.26 bits per heavy atom. The number of hydrogen-bond donors (Lipinski definition) is 1. The molecule has 0 radical (unpaired) electrons. The number of hydrogen-bond acceptors (Lipinski definition) is 7. The summed E-state index contributed by atoms with van der Waals surface area (Å²) in [5.74, 6) is 1.17. The summed E-state index contributed by atoms with van der Waals surface area (Å²) in [5, 5.41) is 7.79. The van der Waals surface area contributed by atoms with Gasteiger partial charge in [0, 0.05) is 18.0 Å². The number of carbonyl (C=O) groups excluding carboxylic acids is 1. The Balaban J connectivity index is 1.47. The molecule has 1 atom stereocenters. The SMILES string of the molecule is Cc1cccc2c(N3CCCC3c3nc(C(=O)NC4CC4)no3)ncnc12. The standard InChI is InChI=1S/C19H20N6O2/c1-11-4-2-5-13-15(11)20-10-21-17(13)25-9-3-6-14(25)19-23-16(24-27-19)18(26)22-12-7-8-12/h2,4-5,10,12,14H,3,6-9H2,1H3,(H,22,26). The monoisotopic (exact) mass is 364 g/mol. The van der Waals surface area contributed by atoms with Crippen molar-refractivity contribution in [2.75, 3.05) is 11.4 Å². The normalized spacial score (nSPS) is 19.6. The lowest BCUT2D eigenvalue weighted by Crippen LogP contribution is -2.27. The van der Waals surface area contributed by atoms with Gasteiger partial charge in [-0.05, 0) is 44.2 Å². The summed E-state index contributed by atoms with van der Waals surface area (Å²) in [6.45, 7) is 2.89. The molecule has 2 aliphatic rings. The summed E-state index contributed by atoms with van der Waals surface area (Å²) in [6, 6.07) is 6.28. The van der Waals surface area contributed by atoms with Crippen LogP contribution in [-0.4, -0.2) is 38.6 Å². The maximum atomic E-state index is 12.2. The quantitative estimate of drug-likeness (QED) is 0.760. The molecule has 1 saturated heterocycles. The number of nitrogens with zero attached hydrogens (tertiary/aromatic N) is 5. The van der Waals surface area contributed by atoms with Gasteiger partial charge in [0.05, 0.1) is 5.52 Å². The molecule has 1 aromatic carbocycles. The summed E-state index contributed by atoms with van der Waals surface area (Å²) >= 11 is 0. The summed E-state index contributed by atoms with van der Waals surface area (Å²) in [5.41, 5.74) is 2.06. The highest BCUT2D eigenvalue weighted by molar-refractivity contribution is 5.92. The van der Waals surface area contributed by atoms with Crippen molar-refractivity contribution in [2.45, 2.75) is 44.7 Å². The van der Waals surface area contributed by atoms with Gasteiger partial charge in [-0.3, -0.25) is 4.79 Å². The zero-order valence-corrected chi connectivity index (χ0v) is 15.1. The van der Waals surface area contributed by atoms with Crippen molar-refractivity contribution in [1.29, 1.82) is 0 Å². The third-order valence-corrected chi connectivity index (χ3v) is 5.21. The Morgan fingerprint density at radius 2 is 2.15 bits per heavy atom. The van der Waals surface area contributed by atoms with Crippen LogP contribution in [0, 0.1) is 6.92 Å². The van der Waals surface area contributed by atoms with Crippen molar-refractivity contribution in [2.24, 2.45) is 0 Å². The van der Waals surface area contributed by atoms with Crippen molar-refractivity contribution < 1.29 is 9.32 Å². The molecule has 1 amide bonds. The minimum atomic E-state index is -0.264. The van der Waals surface area contributed by atoms with Crippen LogP contribution in [0.2, 0.25) is 0 Å². The molecule has 1 saturated carbocycles. The second-order valence-corrected chi connectivity index (χ2v) is 7.22. The fraction of sp³-hybridized carbons (Fsp3) is 0.421. The minimum absolute atomic E-state index is 0.0846. The van der Waals surface area contributed by atoms with Crippen molar-refractivity contribution in [3.05, 3.63) is 41.8 Å². The van der Waals surface area contributed by atoms with Crippen LogP contribution in [0.3, 0.4) is 0 Å². The van der Waals surface area contributed by atoms with E-state index in [4.69, 9.17) is 4.52 Å². The van der Waals surface area contributed by atoms with E-state index in [1.807, 2.05) is 25.1 Å². The Kier molecular flexibility index (Phi) is 3.77. The Hall–Kier alpha value is -3.03. The first-order valence-electron chi connectivity index (χ1n) is 9.32. The summed E-state index contributed by atoms with van der Waals surface area (Å²) in [7, 11) is 0. The topological polar surface area (TPSA) is 97.0 Å². The molecule has 8 nitrogen and oxygen atoms in total. The molecule has 3 heterocycles. The van der Waals surface area contributed by atoms with Gasteiger partial charge in [0.1, 0.15) is 18.2 Å². The number of amides is 1. The lowest BCUT2D eigenvalue weighted by Gasteiger charge is -2.24. The van der Waals surface area contributed by atoms with Crippen molar-refractivity contribution in [1.82, 2.24) is 25.4 Å². The molecule has 1 N–H and O–H groups in total. The molecule has 2 aromatic heterocycles. The van der Waals surface area contributed by atoms with Gasteiger partial charge in [-0.1, -0.05) is 17.3 Å². The van der Waals surface area contributed by atoms with Gasteiger partial charge in [0.15, 0.2) is 0 Å². The first-order valence-corrected chi connectivity index (χ1v) is 9.32. The van der Waals surface area contributed by atoms with Gasteiger partial charge < -0.3 is 14.7 Å². The van der Waals surface area contributed by atoms with E-state index < -0.39 is 0 Å². The molecular weight excluding hydrogens is 344 g/mol. The van der Waals surface area contributed by atoms with Crippen LogP contribution in [0.4, 0.5) is 5.82 Å². The molecule has 0 spiro atoms. The lowest BCUT2D eigenvalue weighted by atomic mass is 10.1. The third-order valence-electron chi connectivity index (χ3n) is 5.21. The zero-order chi connectivity index (χ0) is 18.4. The lowest BCUT2D eigenvalue weighted by molar-refractivity contribution is 0.0937. The molecular formula is C19H20N6O2. The van der Waals surface area contributed by atoms with Crippen LogP contribution in [-0.2, 0) is 0 Å². The number of anilines is 1. The number of carbonyl (C=O) groups is 1. The molecule has 138 valence electrons. The first-order chi connectivity index (χ1) is 13.2. The Bertz CT molecular complexity index is 1010. The smallest absolute Gasteiger partial charge is 0.292 e. The molecule has 3 aromatic rings. The average molecular weight is 364 g/mol. The van der Waals surface area contributed by atoms with E-state index in [-0.39, 0.29) is 23.8 Å². The molecule has 2 fully saturated rings. The van der Waals surface area contributed by atoms with Gasteiger partial charge in [-0.15, -0.1) is 0 Å². The molecule has 27 heavy (non-hydrogen) atoms. The molecule has 1 unspecified atom stereocenters. The first kappa shape index (κ1) is 16.2. The fourth-order valence-corrected chi connectivity index (χ4v) is 3.67. The predicted octanol–water partition coefficient (Wildman–Crippen LogP) is 2.55.